The molecule has 1 nitrogen and oxygen atoms in total. The number of para-hydroxylation sites is 1. The van der Waals surface area contributed by atoms with Crippen molar-refractivity contribution in [1.82, 2.24) is 4.98 Å². The number of thiophene rings is 1. The van der Waals surface area contributed by atoms with Gasteiger partial charge >= 0.3 is 0 Å². The highest BCUT2D eigenvalue weighted by molar-refractivity contribution is 7.26. The van der Waals surface area contributed by atoms with Crippen LogP contribution in [-0.2, 0) is 0 Å². The van der Waals surface area contributed by atoms with Crippen molar-refractivity contribution in [2.45, 2.75) is 0 Å². The summed E-state index contributed by atoms with van der Waals surface area (Å²) in [5.41, 5.74) is 5.54. The number of pyridine rings is 1. The fraction of sp³-hybridized carbons (Fsp3) is 0. The number of hydrogen-bond donors (Lipinski definition) is 0. The maximum Gasteiger partial charge on any atom is 0.0794 e. The van der Waals surface area contributed by atoms with Crippen molar-refractivity contribution < 1.29 is 0 Å². The zero-order valence-corrected chi connectivity index (χ0v) is 25.1. The minimum atomic E-state index is 1.03. The zero-order chi connectivity index (χ0) is 29.5. The summed E-state index contributed by atoms with van der Waals surface area (Å²) >= 11 is 1.87. The lowest BCUT2D eigenvalue weighted by atomic mass is 9.90. The molecule has 0 bridgehead atoms. The molecule has 0 aliphatic carbocycles. The monoisotopic (exact) mass is 587 g/mol. The third-order valence-electron chi connectivity index (χ3n) is 9.43. The van der Waals surface area contributed by atoms with E-state index in [2.05, 4.69) is 152 Å². The molecule has 2 heterocycles. The molecular weight excluding hydrogens is 563 g/mol. The second-order valence-electron chi connectivity index (χ2n) is 11.8. The predicted molar refractivity (Wildman–Crippen MR) is 196 cm³/mol. The molecule has 0 saturated carbocycles. The van der Waals surface area contributed by atoms with Crippen molar-refractivity contribution in [3.8, 4) is 22.4 Å². The molecule has 0 fully saturated rings. The first kappa shape index (κ1) is 24.8. The van der Waals surface area contributed by atoms with E-state index in [1.54, 1.807) is 0 Å². The second kappa shape index (κ2) is 9.46. The molecule has 0 aliphatic rings. The molecular formula is C43H25NS. The van der Waals surface area contributed by atoms with Crippen molar-refractivity contribution >= 4 is 85.5 Å². The van der Waals surface area contributed by atoms with E-state index < -0.39 is 0 Å². The maximum atomic E-state index is 5.52. The van der Waals surface area contributed by atoms with Crippen LogP contribution in [-0.4, -0.2) is 4.98 Å². The molecule has 2 aromatic heterocycles. The highest BCUT2D eigenvalue weighted by Gasteiger charge is 2.19. The van der Waals surface area contributed by atoms with E-state index in [1.807, 2.05) is 11.3 Å². The smallest absolute Gasteiger partial charge is 0.0794 e. The summed E-state index contributed by atoms with van der Waals surface area (Å²) in [4.78, 5) is 5.52. The first-order chi connectivity index (χ1) is 22.3. The molecule has 10 aromatic rings. The molecule has 0 N–H and O–H groups in total. The summed E-state index contributed by atoms with van der Waals surface area (Å²) in [7, 11) is 0. The number of rotatable bonds is 2. The zero-order valence-electron chi connectivity index (χ0n) is 24.3. The van der Waals surface area contributed by atoms with Crippen LogP contribution in [0.25, 0.3) is 96.5 Å². The van der Waals surface area contributed by atoms with Gasteiger partial charge in [0.05, 0.1) is 11.2 Å². The Labute approximate surface area is 263 Å². The number of benzene rings is 8. The molecule has 208 valence electrons. The van der Waals surface area contributed by atoms with E-state index in [1.165, 1.54) is 74.2 Å². The molecule has 0 amide bonds. The second-order valence-corrected chi connectivity index (χ2v) is 12.9. The van der Waals surface area contributed by atoms with Crippen LogP contribution in [0.1, 0.15) is 0 Å². The summed E-state index contributed by atoms with van der Waals surface area (Å²) in [6.07, 6.45) is 0. The Hall–Kier alpha value is -5.57. The highest BCUT2D eigenvalue weighted by Crippen LogP contribution is 2.45. The van der Waals surface area contributed by atoms with E-state index in [9.17, 15) is 0 Å². The fourth-order valence-corrected chi connectivity index (χ4v) is 8.57. The van der Waals surface area contributed by atoms with Crippen LogP contribution < -0.4 is 0 Å². The van der Waals surface area contributed by atoms with E-state index in [0.29, 0.717) is 0 Å². The van der Waals surface area contributed by atoms with Crippen LogP contribution in [0, 0.1) is 0 Å². The standard InChI is InChI=1S/C43H25NS/c1-2-11-26(12-3-1)42-36-23-24-39-41(34-17-8-9-20-38(34)45-39)40(36)35-19-10-18-28(43(35)44-42)27-21-22-33-31-15-5-4-13-29(31)30-14-6-7-16-32(30)37(33)25-27/h1-25H. The van der Waals surface area contributed by atoms with E-state index >= 15 is 0 Å². The lowest BCUT2D eigenvalue weighted by Gasteiger charge is -2.15. The number of fused-ring (bicyclic) bond motifs is 13. The quantitative estimate of drug-likeness (QED) is 0.183. The van der Waals surface area contributed by atoms with Crippen molar-refractivity contribution in [3.63, 3.8) is 0 Å². The average molecular weight is 588 g/mol. The molecule has 0 unspecified atom stereocenters. The van der Waals surface area contributed by atoms with Gasteiger partial charge in [0.15, 0.2) is 0 Å². The molecule has 2 heteroatoms. The molecule has 45 heavy (non-hydrogen) atoms. The Bertz CT molecular complexity index is 2770. The summed E-state index contributed by atoms with van der Waals surface area (Å²) in [6, 6.07) is 55.3. The van der Waals surface area contributed by atoms with Crippen LogP contribution in [0.5, 0.6) is 0 Å². The van der Waals surface area contributed by atoms with Gasteiger partial charge in [0.2, 0.25) is 0 Å². The van der Waals surface area contributed by atoms with Crippen molar-refractivity contribution in [1.29, 1.82) is 0 Å². The van der Waals surface area contributed by atoms with Gasteiger partial charge in [-0.2, -0.15) is 0 Å². The normalized spacial score (nSPS) is 12.0. The maximum absolute atomic E-state index is 5.52. The van der Waals surface area contributed by atoms with Gasteiger partial charge in [0, 0.05) is 47.5 Å². The van der Waals surface area contributed by atoms with Gasteiger partial charge in [0.25, 0.3) is 0 Å². The summed E-state index contributed by atoms with van der Waals surface area (Å²) in [5, 5.41) is 14.0. The van der Waals surface area contributed by atoms with Crippen LogP contribution in [0.3, 0.4) is 0 Å². The van der Waals surface area contributed by atoms with E-state index in [-0.39, 0.29) is 0 Å². The van der Waals surface area contributed by atoms with Gasteiger partial charge in [-0.25, -0.2) is 4.98 Å². The van der Waals surface area contributed by atoms with Crippen LogP contribution in [0.4, 0.5) is 0 Å². The Morgan fingerprint density at radius 1 is 0.356 bits per heavy atom. The summed E-state index contributed by atoms with van der Waals surface area (Å²) in [5.74, 6) is 0. The van der Waals surface area contributed by atoms with Crippen LogP contribution in [0.2, 0.25) is 0 Å². The van der Waals surface area contributed by atoms with Crippen LogP contribution in [0.15, 0.2) is 152 Å². The minimum Gasteiger partial charge on any atom is -0.246 e. The predicted octanol–water partition coefficient (Wildman–Crippen LogP) is 12.5. The van der Waals surface area contributed by atoms with Gasteiger partial charge in [-0.05, 0) is 56.1 Å². The lowest BCUT2D eigenvalue weighted by molar-refractivity contribution is 1.43. The Kier molecular flexibility index (Phi) is 5.22. The summed E-state index contributed by atoms with van der Waals surface area (Å²) in [6.45, 7) is 0. The Morgan fingerprint density at radius 2 is 0.956 bits per heavy atom. The Balaban J connectivity index is 1.36. The first-order valence-electron chi connectivity index (χ1n) is 15.4. The van der Waals surface area contributed by atoms with Gasteiger partial charge in [-0.1, -0.05) is 133 Å². The van der Waals surface area contributed by atoms with Gasteiger partial charge < -0.3 is 0 Å². The minimum absolute atomic E-state index is 1.03. The topological polar surface area (TPSA) is 12.9 Å². The molecule has 0 atom stereocenters. The molecule has 0 spiro atoms. The largest absolute Gasteiger partial charge is 0.246 e. The van der Waals surface area contributed by atoms with Crippen molar-refractivity contribution in [2.24, 2.45) is 0 Å². The fourth-order valence-electron chi connectivity index (χ4n) is 7.46. The number of hydrogen-bond acceptors (Lipinski definition) is 2. The molecule has 0 saturated heterocycles. The molecule has 0 radical (unpaired) electrons. The van der Waals surface area contributed by atoms with E-state index in [4.69, 9.17) is 4.98 Å². The van der Waals surface area contributed by atoms with Crippen molar-refractivity contribution in [2.75, 3.05) is 0 Å². The van der Waals surface area contributed by atoms with E-state index in [0.717, 1.165) is 22.3 Å². The van der Waals surface area contributed by atoms with Crippen LogP contribution >= 0.6 is 11.3 Å². The van der Waals surface area contributed by atoms with Gasteiger partial charge in [-0.3, -0.25) is 0 Å². The molecule has 8 aromatic carbocycles. The highest BCUT2D eigenvalue weighted by atomic mass is 32.1. The third-order valence-corrected chi connectivity index (χ3v) is 10.6. The first-order valence-corrected chi connectivity index (χ1v) is 16.2. The van der Waals surface area contributed by atoms with Gasteiger partial charge in [0.1, 0.15) is 0 Å². The third kappa shape index (κ3) is 3.58. The van der Waals surface area contributed by atoms with Crippen molar-refractivity contribution in [3.05, 3.63) is 152 Å². The average Bonchev–Trinajstić information content (AvgIpc) is 3.50. The summed E-state index contributed by atoms with van der Waals surface area (Å²) < 4.78 is 2.63. The van der Waals surface area contributed by atoms with Gasteiger partial charge in [-0.15, -0.1) is 11.3 Å². The lowest BCUT2D eigenvalue weighted by Crippen LogP contribution is -1.93. The number of nitrogens with zero attached hydrogens (tertiary/aromatic N) is 1. The Morgan fingerprint density at radius 3 is 1.71 bits per heavy atom. The number of aromatic nitrogens is 1. The SMILES string of the molecule is c1ccc(-c2nc3c(-c4ccc5c6ccccc6c6ccccc6c5c4)cccc3c3c2ccc2sc4ccccc4c23)cc1. The molecule has 0 aliphatic heterocycles. The molecule has 10 rings (SSSR count).